The highest BCUT2D eigenvalue weighted by atomic mass is 32.2. The lowest BCUT2D eigenvalue weighted by Gasteiger charge is -2.34. The molecule has 1 amide bonds. The van der Waals surface area contributed by atoms with Crippen molar-refractivity contribution in [2.24, 2.45) is 5.73 Å². The molecule has 94 valence electrons. The Morgan fingerprint density at radius 1 is 1.56 bits per heavy atom. The molecule has 1 aliphatic heterocycles. The van der Waals surface area contributed by atoms with Crippen LogP contribution in [-0.4, -0.2) is 55.4 Å². The summed E-state index contributed by atoms with van der Waals surface area (Å²) in [7, 11) is -3.19. The summed E-state index contributed by atoms with van der Waals surface area (Å²) in [5.74, 6) is 1.19. The van der Waals surface area contributed by atoms with Crippen molar-refractivity contribution in [2.45, 2.75) is 18.2 Å². The van der Waals surface area contributed by atoms with Gasteiger partial charge in [-0.1, -0.05) is 0 Å². The second-order valence-electron chi connectivity index (χ2n) is 3.84. The molecular formula is C9H18N2O3S2. The summed E-state index contributed by atoms with van der Waals surface area (Å²) < 4.78 is 23.1. The van der Waals surface area contributed by atoms with Crippen LogP contribution in [0.2, 0.25) is 0 Å². The van der Waals surface area contributed by atoms with E-state index in [4.69, 9.17) is 5.73 Å². The van der Waals surface area contributed by atoms with Gasteiger partial charge in [0.1, 0.15) is 5.37 Å². The highest BCUT2D eigenvalue weighted by Gasteiger charge is 2.33. The number of rotatable bonds is 4. The topological polar surface area (TPSA) is 80.5 Å². The lowest BCUT2D eigenvalue weighted by atomic mass is 10.2. The third-order valence-corrected chi connectivity index (χ3v) is 5.14. The number of carbonyl (C=O) groups excluding carboxylic acids is 1. The molecule has 0 aromatic heterocycles. The molecule has 0 aromatic rings. The van der Waals surface area contributed by atoms with Gasteiger partial charge in [0.2, 0.25) is 5.91 Å². The third-order valence-electron chi connectivity index (χ3n) is 2.49. The summed E-state index contributed by atoms with van der Waals surface area (Å²) in [6, 6.07) is 0. The van der Waals surface area contributed by atoms with Gasteiger partial charge in [-0.25, -0.2) is 8.42 Å². The zero-order valence-corrected chi connectivity index (χ0v) is 11.0. The average molecular weight is 266 g/mol. The number of amides is 1. The van der Waals surface area contributed by atoms with Crippen molar-refractivity contribution in [3.63, 3.8) is 0 Å². The molecule has 0 aliphatic carbocycles. The van der Waals surface area contributed by atoms with Crippen LogP contribution >= 0.6 is 11.8 Å². The second-order valence-corrected chi connectivity index (χ2v) is 7.19. The Balaban J connectivity index is 2.71. The predicted octanol–water partition coefficient (Wildman–Crippen LogP) is -0.329. The van der Waals surface area contributed by atoms with E-state index in [2.05, 4.69) is 0 Å². The highest BCUT2D eigenvalue weighted by molar-refractivity contribution is 8.00. The fourth-order valence-electron chi connectivity index (χ4n) is 1.62. The van der Waals surface area contributed by atoms with Crippen LogP contribution in [0.1, 0.15) is 12.8 Å². The zero-order valence-electron chi connectivity index (χ0n) is 9.39. The van der Waals surface area contributed by atoms with Gasteiger partial charge < -0.3 is 10.6 Å². The van der Waals surface area contributed by atoms with Gasteiger partial charge in [0.05, 0.1) is 0 Å². The van der Waals surface area contributed by atoms with Gasteiger partial charge in [-0.3, -0.25) is 4.79 Å². The van der Waals surface area contributed by atoms with Gasteiger partial charge in [0.25, 0.3) is 0 Å². The molecule has 0 spiro atoms. The van der Waals surface area contributed by atoms with E-state index in [0.717, 1.165) is 5.75 Å². The molecule has 1 saturated heterocycles. The summed E-state index contributed by atoms with van der Waals surface area (Å²) >= 11 is 1.58. The Kier molecular flexibility index (Phi) is 5.07. The second kappa shape index (κ2) is 5.88. The average Bonchev–Trinajstić information content (AvgIpc) is 2.24. The van der Waals surface area contributed by atoms with Crippen LogP contribution in [0.15, 0.2) is 0 Å². The Bertz CT molecular complexity index is 343. The van der Waals surface area contributed by atoms with Gasteiger partial charge in [-0.2, -0.15) is 11.8 Å². The highest BCUT2D eigenvalue weighted by Crippen LogP contribution is 2.21. The van der Waals surface area contributed by atoms with Crippen LogP contribution in [0.4, 0.5) is 0 Å². The lowest BCUT2D eigenvalue weighted by Crippen LogP contribution is -2.49. The Labute approximate surface area is 101 Å². The molecule has 7 heteroatoms. The van der Waals surface area contributed by atoms with E-state index < -0.39 is 15.2 Å². The summed E-state index contributed by atoms with van der Waals surface area (Å²) in [6.45, 7) is 0.976. The summed E-state index contributed by atoms with van der Waals surface area (Å²) in [4.78, 5) is 13.3. The van der Waals surface area contributed by atoms with Crippen molar-refractivity contribution in [3.05, 3.63) is 0 Å². The molecular weight excluding hydrogens is 248 g/mol. The first-order chi connectivity index (χ1) is 7.46. The van der Waals surface area contributed by atoms with Crippen molar-refractivity contribution in [2.75, 3.05) is 30.9 Å². The van der Waals surface area contributed by atoms with E-state index in [9.17, 15) is 13.2 Å². The maximum atomic E-state index is 11.8. The first kappa shape index (κ1) is 13.8. The maximum Gasteiger partial charge on any atom is 0.223 e. The number of nitrogens with two attached hydrogens (primary N) is 1. The van der Waals surface area contributed by atoms with E-state index in [1.807, 2.05) is 0 Å². The third kappa shape index (κ3) is 3.64. The zero-order chi connectivity index (χ0) is 12.2. The van der Waals surface area contributed by atoms with E-state index in [1.54, 1.807) is 11.8 Å². The van der Waals surface area contributed by atoms with Crippen molar-refractivity contribution < 1.29 is 13.2 Å². The molecule has 0 bridgehead atoms. The van der Waals surface area contributed by atoms with Crippen LogP contribution in [0.3, 0.4) is 0 Å². The van der Waals surface area contributed by atoms with Crippen LogP contribution in [0.5, 0.6) is 0 Å². The maximum absolute atomic E-state index is 11.8. The largest absolute Gasteiger partial charge is 0.330 e. The molecule has 0 saturated carbocycles. The van der Waals surface area contributed by atoms with Crippen LogP contribution in [0, 0.1) is 0 Å². The van der Waals surface area contributed by atoms with Crippen LogP contribution in [-0.2, 0) is 14.6 Å². The minimum atomic E-state index is -3.19. The summed E-state index contributed by atoms with van der Waals surface area (Å²) in [5.41, 5.74) is 5.33. The van der Waals surface area contributed by atoms with Crippen LogP contribution < -0.4 is 5.73 Å². The fraction of sp³-hybridized carbons (Fsp3) is 0.889. The molecule has 1 fully saturated rings. The Morgan fingerprint density at radius 3 is 2.81 bits per heavy atom. The normalized spacial score (nSPS) is 22.1. The van der Waals surface area contributed by atoms with Gasteiger partial charge >= 0.3 is 0 Å². The Morgan fingerprint density at radius 2 is 2.25 bits per heavy atom. The number of carbonyl (C=O) groups is 1. The molecule has 1 heterocycles. The molecule has 0 aromatic carbocycles. The molecule has 1 unspecified atom stereocenters. The molecule has 0 radical (unpaired) electrons. The summed E-state index contributed by atoms with van der Waals surface area (Å²) in [5, 5.41) is -0.656. The predicted molar refractivity (Wildman–Crippen MR) is 66.0 cm³/mol. The molecule has 2 N–H and O–H groups in total. The number of thioether (sulfide) groups is 1. The van der Waals surface area contributed by atoms with Crippen molar-refractivity contribution >= 4 is 27.5 Å². The van der Waals surface area contributed by atoms with Gasteiger partial charge in [0.15, 0.2) is 9.84 Å². The lowest BCUT2D eigenvalue weighted by molar-refractivity contribution is -0.131. The molecule has 1 atom stereocenters. The first-order valence-electron chi connectivity index (χ1n) is 5.23. The smallest absolute Gasteiger partial charge is 0.223 e. The van der Waals surface area contributed by atoms with Crippen molar-refractivity contribution in [1.29, 1.82) is 0 Å². The minimum Gasteiger partial charge on any atom is -0.330 e. The van der Waals surface area contributed by atoms with E-state index in [1.165, 1.54) is 11.2 Å². The quantitative estimate of drug-likeness (QED) is 0.754. The van der Waals surface area contributed by atoms with Gasteiger partial charge in [0, 0.05) is 30.7 Å². The number of sulfone groups is 1. The monoisotopic (exact) mass is 266 g/mol. The first-order valence-corrected chi connectivity index (χ1v) is 8.34. The number of hydrogen-bond donors (Lipinski definition) is 1. The van der Waals surface area contributed by atoms with Gasteiger partial charge in [-0.15, -0.1) is 0 Å². The SMILES string of the molecule is CS(=O)(=O)C1CSCCN1C(=O)CCCN. The van der Waals surface area contributed by atoms with Crippen molar-refractivity contribution in [3.8, 4) is 0 Å². The molecule has 5 nitrogen and oxygen atoms in total. The molecule has 1 rings (SSSR count). The van der Waals surface area contributed by atoms with Crippen LogP contribution in [0.25, 0.3) is 0 Å². The standard InChI is InChI=1S/C9H18N2O3S2/c1-16(13,14)9-7-15-6-5-11(9)8(12)3-2-4-10/h9H,2-7,10H2,1H3. The fourth-order valence-corrected chi connectivity index (χ4v) is 4.45. The molecule has 1 aliphatic rings. The van der Waals surface area contributed by atoms with E-state index >= 15 is 0 Å². The van der Waals surface area contributed by atoms with Crippen molar-refractivity contribution in [1.82, 2.24) is 4.90 Å². The molecule has 16 heavy (non-hydrogen) atoms. The van der Waals surface area contributed by atoms with E-state index in [-0.39, 0.29) is 5.91 Å². The minimum absolute atomic E-state index is 0.0961. The summed E-state index contributed by atoms with van der Waals surface area (Å²) in [6.07, 6.45) is 2.14. The van der Waals surface area contributed by atoms with E-state index in [0.29, 0.717) is 31.7 Å². The number of nitrogens with zero attached hydrogens (tertiary/aromatic N) is 1. The van der Waals surface area contributed by atoms with Gasteiger partial charge in [-0.05, 0) is 13.0 Å². The Hall–Kier alpha value is -0.270. The number of hydrogen-bond acceptors (Lipinski definition) is 5.